The van der Waals surface area contributed by atoms with Gasteiger partial charge in [0.2, 0.25) is 0 Å². The SMILES string of the molecule is C#CCn1cc(/C=N/NC(=O)c2cc3ccccc3o2)c2ccccc21. The van der Waals surface area contributed by atoms with E-state index in [1.165, 1.54) is 0 Å². The molecule has 4 rings (SSSR count). The van der Waals surface area contributed by atoms with Gasteiger partial charge in [0.05, 0.1) is 12.8 Å². The molecular weight excluding hydrogens is 326 g/mol. The lowest BCUT2D eigenvalue weighted by atomic mass is 10.2. The Bertz CT molecular complexity index is 1140. The van der Waals surface area contributed by atoms with Gasteiger partial charge in [-0.2, -0.15) is 5.10 Å². The number of terminal acetylenes is 1. The third-order valence-electron chi connectivity index (χ3n) is 4.10. The first kappa shape index (κ1) is 15.7. The summed E-state index contributed by atoms with van der Waals surface area (Å²) >= 11 is 0. The summed E-state index contributed by atoms with van der Waals surface area (Å²) in [6.45, 7) is 0.472. The second kappa shape index (κ2) is 6.61. The summed E-state index contributed by atoms with van der Waals surface area (Å²) < 4.78 is 7.50. The van der Waals surface area contributed by atoms with E-state index in [9.17, 15) is 4.79 Å². The van der Waals surface area contributed by atoms with Crippen LogP contribution in [0.5, 0.6) is 0 Å². The van der Waals surface area contributed by atoms with E-state index in [1.807, 2.05) is 59.3 Å². The highest BCUT2D eigenvalue weighted by Gasteiger charge is 2.11. The highest BCUT2D eigenvalue weighted by Crippen LogP contribution is 2.20. The average Bonchev–Trinajstić information content (AvgIpc) is 3.24. The molecule has 2 aromatic heterocycles. The molecule has 1 N–H and O–H groups in total. The molecule has 2 heterocycles. The molecular formula is C21H15N3O2. The Hall–Kier alpha value is -3.78. The van der Waals surface area contributed by atoms with E-state index >= 15 is 0 Å². The molecule has 0 aliphatic rings. The van der Waals surface area contributed by atoms with Crippen molar-refractivity contribution in [3.05, 3.63) is 72.1 Å². The molecule has 0 bridgehead atoms. The average molecular weight is 341 g/mol. The third-order valence-corrected chi connectivity index (χ3v) is 4.10. The van der Waals surface area contributed by atoms with Gasteiger partial charge in [-0.05, 0) is 18.2 Å². The molecule has 26 heavy (non-hydrogen) atoms. The molecule has 4 aromatic rings. The normalized spacial score (nSPS) is 11.2. The quantitative estimate of drug-likeness (QED) is 0.349. The Balaban J connectivity index is 1.56. The van der Waals surface area contributed by atoms with Gasteiger partial charge in [0, 0.05) is 28.0 Å². The van der Waals surface area contributed by atoms with Gasteiger partial charge in [0.1, 0.15) is 5.58 Å². The molecule has 126 valence electrons. The molecule has 0 saturated carbocycles. The predicted octanol–water partition coefficient (Wildman–Crippen LogP) is 3.78. The van der Waals surface area contributed by atoms with Gasteiger partial charge in [-0.3, -0.25) is 4.79 Å². The van der Waals surface area contributed by atoms with Gasteiger partial charge in [-0.25, -0.2) is 5.43 Å². The Labute approximate surface area is 149 Å². The largest absolute Gasteiger partial charge is 0.451 e. The van der Waals surface area contributed by atoms with Crippen LogP contribution in [0.1, 0.15) is 16.1 Å². The maximum absolute atomic E-state index is 12.2. The standard InChI is InChI=1S/C21H15N3O2/c1-2-11-24-14-16(17-8-4-5-9-18(17)24)13-22-23-21(25)20-12-15-7-3-6-10-19(15)26-20/h1,3-10,12-14H,11H2,(H,23,25)/b22-13+. The number of hydrazone groups is 1. The van der Waals surface area contributed by atoms with E-state index < -0.39 is 5.91 Å². The van der Waals surface area contributed by atoms with Crippen LogP contribution in [0, 0.1) is 12.3 Å². The number of fused-ring (bicyclic) bond motifs is 2. The minimum absolute atomic E-state index is 0.220. The summed E-state index contributed by atoms with van der Waals surface area (Å²) in [6.07, 6.45) is 8.95. The van der Waals surface area contributed by atoms with Gasteiger partial charge in [0.15, 0.2) is 5.76 Å². The van der Waals surface area contributed by atoms with Gasteiger partial charge < -0.3 is 8.98 Å². The lowest BCUT2D eigenvalue weighted by Crippen LogP contribution is -2.16. The summed E-state index contributed by atoms with van der Waals surface area (Å²) in [4.78, 5) is 12.2. The Morgan fingerprint density at radius 3 is 2.88 bits per heavy atom. The molecule has 5 heteroatoms. The van der Waals surface area contributed by atoms with Crippen molar-refractivity contribution in [2.45, 2.75) is 6.54 Å². The van der Waals surface area contributed by atoms with Crippen molar-refractivity contribution >= 4 is 34.0 Å². The number of furan rings is 1. The van der Waals surface area contributed by atoms with Crippen LogP contribution in [0.15, 0.2) is 70.3 Å². The molecule has 0 atom stereocenters. The molecule has 0 saturated heterocycles. The van der Waals surface area contributed by atoms with Crippen molar-refractivity contribution in [3.63, 3.8) is 0 Å². The van der Waals surface area contributed by atoms with Crippen molar-refractivity contribution in [1.29, 1.82) is 0 Å². The van der Waals surface area contributed by atoms with E-state index in [0.717, 1.165) is 21.9 Å². The zero-order chi connectivity index (χ0) is 17.9. The number of aromatic nitrogens is 1. The second-order valence-corrected chi connectivity index (χ2v) is 5.78. The summed E-state index contributed by atoms with van der Waals surface area (Å²) in [7, 11) is 0. The van der Waals surface area contributed by atoms with Crippen molar-refractivity contribution in [2.75, 3.05) is 0 Å². The first-order chi connectivity index (χ1) is 12.8. The van der Waals surface area contributed by atoms with Gasteiger partial charge in [-0.1, -0.05) is 42.3 Å². The fourth-order valence-electron chi connectivity index (χ4n) is 2.92. The number of carbonyl (C=O) groups is 1. The first-order valence-corrected chi connectivity index (χ1v) is 8.09. The number of benzene rings is 2. The molecule has 0 unspecified atom stereocenters. The molecule has 0 radical (unpaired) electrons. The Morgan fingerprint density at radius 1 is 1.23 bits per heavy atom. The van der Waals surface area contributed by atoms with E-state index in [1.54, 1.807) is 12.3 Å². The zero-order valence-electron chi connectivity index (χ0n) is 13.8. The van der Waals surface area contributed by atoms with E-state index in [2.05, 4.69) is 16.4 Å². The number of hydrogen-bond acceptors (Lipinski definition) is 3. The minimum atomic E-state index is -0.398. The molecule has 0 aliphatic carbocycles. The van der Waals surface area contributed by atoms with Gasteiger partial charge in [0.25, 0.3) is 0 Å². The maximum atomic E-state index is 12.2. The zero-order valence-corrected chi connectivity index (χ0v) is 13.8. The van der Waals surface area contributed by atoms with Crippen LogP contribution in [-0.4, -0.2) is 16.7 Å². The number of nitrogens with zero attached hydrogens (tertiary/aromatic N) is 2. The molecule has 2 aromatic carbocycles. The monoisotopic (exact) mass is 341 g/mol. The molecule has 1 amide bonds. The highest BCUT2D eigenvalue weighted by molar-refractivity contribution is 6.01. The molecule has 0 spiro atoms. The van der Waals surface area contributed by atoms with Crippen LogP contribution < -0.4 is 5.43 Å². The van der Waals surface area contributed by atoms with E-state index in [-0.39, 0.29) is 5.76 Å². The number of nitrogens with one attached hydrogen (secondary N) is 1. The second-order valence-electron chi connectivity index (χ2n) is 5.78. The Kier molecular flexibility index (Phi) is 4.00. The van der Waals surface area contributed by atoms with Crippen LogP contribution in [-0.2, 0) is 6.54 Å². The molecule has 0 fully saturated rings. The maximum Gasteiger partial charge on any atom is 0.307 e. The van der Waals surface area contributed by atoms with Gasteiger partial charge in [-0.15, -0.1) is 6.42 Å². The number of carbonyl (C=O) groups excluding carboxylic acids is 1. The molecule has 5 nitrogen and oxygen atoms in total. The fraction of sp³-hybridized carbons (Fsp3) is 0.0476. The lowest BCUT2D eigenvalue weighted by Gasteiger charge is -1.97. The fourth-order valence-corrected chi connectivity index (χ4v) is 2.92. The van der Waals surface area contributed by atoms with Gasteiger partial charge >= 0.3 is 5.91 Å². The predicted molar refractivity (Wildman–Crippen MR) is 102 cm³/mol. The van der Waals surface area contributed by atoms with Crippen molar-refractivity contribution < 1.29 is 9.21 Å². The van der Waals surface area contributed by atoms with Crippen LogP contribution in [0.2, 0.25) is 0 Å². The van der Waals surface area contributed by atoms with Crippen LogP contribution in [0.4, 0.5) is 0 Å². The number of hydrogen-bond donors (Lipinski definition) is 1. The van der Waals surface area contributed by atoms with E-state index in [0.29, 0.717) is 12.1 Å². The summed E-state index contributed by atoms with van der Waals surface area (Å²) in [6, 6.07) is 17.0. The Morgan fingerprint density at radius 2 is 2.04 bits per heavy atom. The third kappa shape index (κ3) is 2.85. The number of rotatable bonds is 4. The summed E-state index contributed by atoms with van der Waals surface area (Å²) in [5.41, 5.74) is 5.07. The van der Waals surface area contributed by atoms with Crippen molar-refractivity contribution in [3.8, 4) is 12.3 Å². The van der Waals surface area contributed by atoms with Crippen molar-refractivity contribution in [2.24, 2.45) is 5.10 Å². The topological polar surface area (TPSA) is 59.5 Å². The lowest BCUT2D eigenvalue weighted by molar-refractivity contribution is 0.0929. The highest BCUT2D eigenvalue weighted by atomic mass is 16.3. The smallest absolute Gasteiger partial charge is 0.307 e. The molecule has 0 aliphatic heterocycles. The van der Waals surface area contributed by atoms with Crippen molar-refractivity contribution in [1.82, 2.24) is 9.99 Å². The van der Waals surface area contributed by atoms with E-state index in [4.69, 9.17) is 10.8 Å². The first-order valence-electron chi connectivity index (χ1n) is 8.09. The summed E-state index contributed by atoms with van der Waals surface area (Å²) in [5.74, 6) is 2.46. The number of para-hydroxylation sites is 2. The minimum Gasteiger partial charge on any atom is -0.451 e. The van der Waals surface area contributed by atoms with Crippen LogP contribution in [0.3, 0.4) is 0 Å². The van der Waals surface area contributed by atoms with Crippen LogP contribution in [0.25, 0.3) is 21.9 Å². The number of amides is 1. The van der Waals surface area contributed by atoms with Crippen LogP contribution >= 0.6 is 0 Å². The summed E-state index contributed by atoms with van der Waals surface area (Å²) in [5, 5.41) is 5.95.